The number of aromatic hydroxyl groups is 1. The number of benzene rings is 2. The number of amides is 1. The third-order valence-corrected chi connectivity index (χ3v) is 5.13. The lowest BCUT2D eigenvalue weighted by Gasteiger charge is -2.00. The number of alkyl halides is 1. The van der Waals surface area contributed by atoms with Gasteiger partial charge < -0.3 is 10.8 Å². The third kappa shape index (κ3) is 5.00. The van der Waals surface area contributed by atoms with Crippen LogP contribution in [0.1, 0.15) is 15.4 Å². The van der Waals surface area contributed by atoms with E-state index in [1.54, 1.807) is 11.3 Å². The molecular weight excluding hydrogens is 450 g/mol. The maximum atomic E-state index is 12.7. The number of nitrogens with zero attached hydrogens (tertiary/aromatic N) is 1. The molecule has 0 bridgehead atoms. The average molecular weight is 462 g/mol. The summed E-state index contributed by atoms with van der Waals surface area (Å²) in [5.41, 5.74) is 5.86. The first-order valence-electron chi connectivity index (χ1n) is 7.06. The van der Waals surface area contributed by atoms with Gasteiger partial charge in [0.25, 0.3) is 5.91 Å². The van der Waals surface area contributed by atoms with Gasteiger partial charge in [0.05, 0.1) is 11.0 Å². The average Bonchev–Trinajstić information content (AvgIpc) is 3.09. The molecule has 0 saturated heterocycles. The highest BCUT2D eigenvalue weighted by Gasteiger charge is 2.17. The van der Waals surface area contributed by atoms with Crippen LogP contribution in [0.3, 0.4) is 0 Å². The lowest BCUT2D eigenvalue weighted by molar-refractivity contribution is 0.0991. The second-order valence-electron chi connectivity index (χ2n) is 4.89. The Kier molecular flexibility index (Phi) is 7.07. The van der Waals surface area contributed by atoms with E-state index in [2.05, 4.69) is 32.0 Å². The summed E-state index contributed by atoms with van der Waals surface area (Å²) in [7, 11) is 0. The molecule has 0 saturated carbocycles. The molecule has 3 rings (SSSR count). The number of rotatable bonds is 3. The summed E-state index contributed by atoms with van der Waals surface area (Å²) in [6.45, 7) is 0. The zero-order valence-corrected chi connectivity index (χ0v) is 16.2. The van der Waals surface area contributed by atoms with Crippen LogP contribution in [0.2, 0.25) is 5.02 Å². The first-order chi connectivity index (χ1) is 12.3. The molecule has 0 aliphatic carbocycles. The van der Waals surface area contributed by atoms with Gasteiger partial charge in [0.1, 0.15) is 16.4 Å². The minimum Gasteiger partial charge on any atom is -0.505 e. The first kappa shape index (κ1) is 20.3. The summed E-state index contributed by atoms with van der Waals surface area (Å²) in [6, 6.07) is 9.29. The Labute approximate surface area is 165 Å². The zero-order valence-electron chi connectivity index (χ0n) is 13.0. The smallest absolute Gasteiger partial charge is 0.254 e. The third-order valence-electron chi connectivity index (χ3n) is 3.12. The molecule has 9 heteroatoms. The zero-order chi connectivity index (χ0) is 19.3. The fraction of sp³-hybridized carbons (Fsp3) is 0.0588. The van der Waals surface area contributed by atoms with Gasteiger partial charge in [-0.2, -0.15) is 0 Å². The molecule has 0 spiro atoms. The van der Waals surface area contributed by atoms with Crippen LogP contribution in [-0.2, 0) is 5.33 Å². The molecule has 1 aromatic heterocycles. The van der Waals surface area contributed by atoms with E-state index in [0.717, 1.165) is 38.8 Å². The van der Waals surface area contributed by atoms with E-state index in [1.807, 2.05) is 24.3 Å². The topological polar surface area (TPSA) is 76.2 Å². The van der Waals surface area contributed by atoms with Crippen molar-refractivity contribution < 1.29 is 18.7 Å². The van der Waals surface area contributed by atoms with E-state index < -0.39 is 28.9 Å². The van der Waals surface area contributed by atoms with E-state index in [1.165, 1.54) is 0 Å². The summed E-state index contributed by atoms with van der Waals surface area (Å²) in [6.07, 6.45) is 0. The van der Waals surface area contributed by atoms with Gasteiger partial charge >= 0.3 is 0 Å². The normalized spacial score (nSPS) is 10.2. The predicted molar refractivity (Wildman–Crippen MR) is 102 cm³/mol. The van der Waals surface area contributed by atoms with Crippen molar-refractivity contribution in [2.24, 2.45) is 5.73 Å². The molecule has 2 aromatic carbocycles. The minimum absolute atomic E-state index is 0.754. The van der Waals surface area contributed by atoms with E-state index in [9.17, 15) is 13.6 Å². The van der Waals surface area contributed by atoms with Crippen molar-refractivity contribution in [3.63, 3.8) is 0 Å². The second-order valence-corrected chi connectivity index (χ2v) is 6.83. The van der Waals surface area contributed by atoms with E-state index in [-0.39, 0.29) is 0 Å². The van der Waals surface area contributed by atoms with Crippen molar-refractivity contribution in [3.8, 4) is 17.0 Å². The van der Waals surface area contributed by atoms with Gasteiger partial charge in [-0.3, -0.25) is 4.79 Å². The number of phenolic OH excluding ortho intramolecular Hbond substituents is 1. The summed E-state index contributed by atoms with van der Waals surface area (Å²) in [5, 5.41) is 13.4. The van der Waals surface area contributed by atoms with Crippen molar-refractivity contribution >= 4 is 44.8 Å². The van der Waals surface area contributed by atoms with E-state index in [4.69, 9.17) is 16.7 Å². The maximum Gasteiger partial charge on any atom is 0.254 e. The molecule has 1 heterocycles. The molecule has 3 N–H and O–H groups in total. The Bertz CT molecular complexity index is 920. The Balaban J connectivity index is 0.000000190. The molecule has 0 fully saturated rings. The number of hydrogen-bond acceptors (Lipinski definition) is 4. The number of phenols is 1. The van der Waals surface area contributed by atoms with Crippen LogP contribution in [0.15, 0.2) is 41.8 Å². The van der Waals surface area contributed by atoms with Gasteiger partial charge in [-0.1, -0.05) is 39.7 Å². The van der Waals surface area contributed by atoms with Crippen LogP contribution >= 0.6 is 38.9 Å². The van der Waals surface area contributed by atoms with Gasteiger partial charge in [-0.05, 0) is 24.3 Å². The Hall–Kier alpha value is -2.03. The highest BCUT2D eigenvalue weighted by molar-refractivity contribution is 9.08. The highest BCUT2D eigenvalue weighted by Crippen LogP contribution is 2.24. The number of hydrogen-bond donors (Lipinski definition) is 2. The van der Waals surface area contributed by atoms with E-state index in [0.29, 0.717) is 0 Å². The molecular formula is C17H12BrClF2N2O2S. The Morgan fingerprint density at radius 1 is 1.23 bits per heavy atom. The van der Waals surface area contributed by atoms with Crippen LogP contribution in [0.5, 0.6) is 5.75 Å². The van der Waals surface area contributed by atoms with Crippen LogP contribution in [0.4, 0.5) is 8.78 Å². The fourth-order valence-electron chi connectivity index (χ4n) is 1.89. The standard InChI is InChI=1S/C10H7BrClNS.C7H5F2NO2/c11-5-10-13-9(6-14-10)7-1-3-8(12)4-2-7;8-3-1-2-4(11)6(9)5(3)7(10)12/h1-4,6H,5H2;1-2,11H,(H2,10,12). The summed E-state index contributed by atoms with van der Waals surface area (Å²) in [5.74, 6) is -4.47. The number of halogens is 4. The van der Waals surface area contributed by atoms with Gasteiger partial charge in [-0.15, -0.1) is 11.3 Å². The molecule has 136 valence electrons. The Morgan fingerprint density at radius 2 is 1.88 bits per heavy atom. The van der Waals surface area contributed by atoms with E-state index >= 15 is 0 Å². The molecule has 0 radical (unpaired) electrons. The number of carbonyl (C=O) groups excluding carboxylic acids is 1. The lowest BCUT2D eigenvalue weighted by Crippen LogP contribution is -2.15. The molecule has 1 amide bonds. The van der Waals surface area contributed by atoms with Crippen molar-refractivity contribution in [1.82, 2.24) is 4.98 Å². The summed E-state index contributed by atoms with van der Waals surface area (Å²) >= 11 is 10.8. The van der Waals surface area contributed by atoms with Crippen LogP contribution in [-0.4, -0.2) is 16.0 Å². The molecule has 0 aliphatic rings. The van der Waals surface area contributed by atoms with Gasteiger partial charge in [0.15, 0.2) is 11.6 Å². The maximum absolute atomic E-state index is 12.7. The molecule has 0 unspecified atom stereocenters. The van der Waals surface area contributed by atoms with Gasteiger partial charge in [0, 0.05) is 16.0 Å². The van der Waals surface area contributed by atoms with Crippen LogP contribution in [0, 0.1) is 11.6 Å². The molecule has 0 atom stereocenters. The molecule has 0 aliphatic heterocycles. The largest absolute Gasteiger partial charge is 0.505 e. The number of aromatic nitrogens is 1. The summed E-state index contributed by atoms with van der Waals surface area (Å²) < 4.78 is 25.4. The number of nitrogens with two attached hydrogens (primary N) is 1. The molecule has 4 nitrogen and oxygen atoms in total. The minimum atomic E-state index is -1.33. The molecule has 3 aromatic rings. The van der Waals surface area contributed by atoms with Crippen molar-refractivity contribution in [2.75, 3.05) is 0 Å². The number of primary amides is 1. The van der Waals surface area contributed by atoms with Crippen molar-refractivity contribution in [3.05, 3.63) is 69.0 Å². The van der Waals surface area contributed by atoms with Crippen LogP contribution < -0.4 is 5.73 Å². The number of carbonyl (C=O) groups is 1. The van der Waals surface area contributed by atoms with Crippen LogP contribution in [0.25, 0.3) is 11.3 Å². The molecule has 26 heavy (non-hydrogen) atoms. The monoisotopic (exact) mass is 460 g/mol. The SMILES string of the molecule is Clc1ccc(-c2csc(CBr)n2)cc1.NC(=O)c1c(F)ccc(O)c1F. The summed E-state index contributed by atoms with van der Waals surface area (Å²) in [4.78, 5) is 14.9. The van der Waals surface area contributed by atoms with Gasteiger partial charge in [-0.25, -0.2) is 13.8 Å². The Morgan fingerprint density at radius 3 is 2.38 bits per heavy atom. The lowest BCUT2D eigenvalue weighted by atomic mass is 10.2. The number of thiazole rings is 1. The first-order valence-corrected chi connectivity index (χ1v) is 9.44. The highest BCUT2D eigenvalue weighted by atomic mass is 79.9. The van der Waals surface area contributed by atoms with Crippen molar-refractivity contribution in [2.45, 2.75) is 5.33 Å². The van der Waals surface area contributed by atoms with Gasteiger partial charge in [0.2, 0.25) is 0 Å². The quantitative estimate of drug-likeness (QED) is 0.531. The second kappa shape index (κ2) is 9.07. The predicted octanol–water partition coefficient (Wildman–Crippen LogP) is 5.13. The van der Waals surface area contributed by atoms with Crippen molar-refractivity contribution in [1.29, 1.82) is 0 Å². The fourth-order valence-corrected chi connectivity index (χ4v) is 3.19.